The number of alkyl halides is 1. The molecular formula is C10H14BrClN2O2S. The van der Waals surface area contributed by atoms with Crippen molar-refractivity contribution in [3.63, 3.8) is 0 Å². The number of aromatic nitrogens is 1. The van der Waals surface area contributed by atoms with Crippen LogP contribution in [0.15, 0.2) is 27.8 Å². The molecule has 1 rings (SSSR count). The summed E-state index contributed by atoms with van der Waals surface area (Å²) in [5.74, 6) is 0.212. The number of pyridine rings is 1. The van der Waals surface area contributed by atoms with Gasteiger partial charge < -0.3 is 0 Å². The molecule has 7 heteroatoms. The van der Waals surface area contributed by atoms with E-state index in [4.69, 9.17) is 11.6 Å². The second kappa shape index (κ2) is 5.22. The second-order valence-electron chi connectivity index (χ2n) is 4.26. The fraction of sp³-hybridized carbons (Fsp3) is 0.500. The van der Waals surface area contributed by atoms with Gasteiger partial charge in [0, 0.05) is 35.3 Å². The molecule has 0 N–H and O–H groups in total. The van der Waals surface area contributed by atoms with Gasteiger partial charge in [-0.1, -0.05) is 0 Å². The first-order valence-corrected chi connectivity index (χ1v) is 7.64. The highest BCUT2D eigenvalue weighted by molar-refractivity contribution is 9.10. The maximum absolute atomic E-state index is 12.3. The molecule has 1 heterocycles. The van der Waals surface area contributed by atoms with Crippen LogP contribution >= 0.6 is 27.5 Å². The van der Waals surface area contributed by atoms with Crippen molar-refractivity contribution < 1.29 is 8.42 Å². The third-order valence-electron chi connectivity index (χ3n) is 2.52. The van der Waals surface area contributed by atoms with E-state index in [2.05, 4.69) is 20.9 Å². The van der Waals surface area contributed by atoms with Crippen molar-refractivity contribution in [2.24, 2.45) is 0 Å². The quantitative estimate of drug-likeness (QED) is 0.791. The average Bonchev–Trinajstić information content (AvgIpc) is 2.28. The molecule has 0 bridgehead atoms. The Hall–Kier alpha value is -0.170. The Bertz CT molecular complexity index is 505. The van der Waals surface area contributed by atoms with E-state index in [0.717, 1.165) is 0 Å². The predicted molar refractivity (Wildman–Crippen MR) is 71.7 cm³/mol. The van der Waals surface area contributed by atoms with E-state index in [1.807, 2.05) is 0 Å². The van der Waals surface area contributed by atoms with Gasteiger partial charge in [-0.05, 0) is 35.8 Å². The molecule has 1 aromatic heterocycles. The molecule has 0 aliphatic carbocycles. The Labute approximate surface area is 115 Å². The summed E-state index contributed by atoms with van der Waals surface area (Å²) < 4.78 is 26.5. The molecule has 17 heavy (non-hydrogen) atoms. The Balaban J connectivity index is 3.21. The SMILES string of the molecule is CN(C(C)(C)CCl)S(=O)(=O)c1cncc(Br)c1. The van der Waals surface area contributed by atoms with Gasteiger partial charge in [-0.25, -0.2) is 8.42 Å². The van der Waals surface area contributed by atoms with Gasteiger partial charge in [0.05, 0.1) is 0 Å². The summed E-state index contributed by atoms with van der Waals surface area (Å²) in [4.78, 5) is 4.00. The summed E-state index contributed by atoms with van der Waals surface area (Å²) in [7, 11) is -2.06. The van der Waals surface area contributed by atoms with Crippen molar-refractivity contribution >= 4 is 37.6 Å². The summed E-state index contributed by atoms with van der Waals surface area (Å²) >= 11 is 8.98. The van der Waals surface area contributed by atoms with Crippen LogP contribution in [-0.2, 0) is 10.0 Å². The smallest absolute Gasteiger partial charge is 0.244 e. The summed E-state index contributed by atoms with van der Waals surface area (Å²) in [5, 5.41) is 0. The maximum atomic E-state index is 12.3. The number of rotatable bonds is 4. The van der Waals surface area contributed by atoms with Crippen molar-refractivity contribution in [1.82, 2.24) is 9.29 Å². The van der Waals surface area contributed by atoms with Crippen LogP contribution in [-0.4, -0.2) is 36.2 Å². The summed E-state index contributed by atoms with van der Waals surface area (Å²) in [6, 6.07) is 1.52. The van der Waals surface area contributed by atoms with Crippen LogP contribution in [0.4, 0.5) is 0 Å². The van der Waals surface area contributed by atoms with Crippen molar-refractivity contribution in [3.05, 3.63) is 22.9 Å². The molecule has 0 fully saturated rings. The van der Waals surface area contributed by atoms with Crippen LogP contribution < -0.4 is 0 Å². The van der Waals surface area contributed by atoms with Gasteiger partial charge in [0.1, 0.15) is 4.90 Å². The molecule has 0 unspecified atom stereocenters. The van der Waals surface area contributed by atoms with Crippen molar-refractivity contribution in [2.75, 3.05) is 12.9 Å². The van der Waals surface area contributed by atoms with Crippen LogP contribution in [0, 0.1) is 0 Å². The molecule has 4 nitrogen and oxygen atoms in total. The minimum atomic E-state index is -3.57. The van der Waals surface area contributed by atoms with Crippen molar-refractivity contribution in [1.29, 1.82) is 0 Å². The van der Waals surface area contributed by atoms with Gasteiger partial charge in [0.25, 0.3) is 0 Å². The van der Waals surface area contributed by atoms with Gasteiger partial charge in [0.15, 0.2) is 0 Å². The molecule has 96 valence electrons. The largest absolute Gasteiger partial charge is 0.262 e. The Morgan fingerprint density at radius 2 is 2.06 bits per heavy atom. The first-order chi connectivity index (χ1) is 7.71. The maximum Gasteiger partial charge on any atom is 0.244 e. The third-order valence-corrected chi connectivity index (χ3v) is 5.64. The third kappa shape index (κ3) is 3.19. The lowest BCUT2D eigenvalue weighted by Crippen LogP contribution is -2.46. The zero-order chi connectivity index (χ0) is 13.3. The minimum Gasteiger partial charge on any atom is -0.262 e. The molecule has 0 aliphatic heterocycles. The van der Waals surface area contributed by atoms with Crippen LogP contribution in [0.5, 0.6) is 0 Å². The zero-order valence-corrected chi connectivity index (χ0v) is 13.0. The van der Waals surface area contributed by atoms with E-state index in [1.165, 1.54) is 29.8 Å². The summed E-state index contributed by atoms with van der Waals surface area (Å²) in [6.07, 6.45) is 2.85. The molecule has 0 radical (unpaired) electrons. The van der Waals surface area contributed by atoms with Gasteiger partial charge in [0.2, 0.25) is 10.0 Å². The van der Waals surface area contributed by atoms with Crippen molar-refractivity contribution in [3.8, 4) is 0 Å². The first-order valence-electron chi connectivity index (χ1n) is 4.87. The highest BCUT2D eigenvalue weighted by Gasteiger charge is 2.33. The second-order valence-corrected chi connectivity index (χ2v) is 7.41. The number of halogens is 2. The average molecular weight is 342 g/mol. The number of sulfonamides is 1. The molecule has 0 saturated carbocycles. The van der Waals surface area contributed by atoms with E-state index in [-0.39, 0.29) is 10.8 Å². The van der Waals surface area contributed by atoms with E-state index in [9.17, 15) is 8.42 Å². The molecule has 0 saturated heterocycles. The monoisotopic (exact) mass is 340 g/mol. The lowest BCUT2D eigenvalue weighted by molar-refractivity contribution is 0.296. The minimum absolute atomic E-state index is 0.146. The highest BCUT2D eigenvalue weighted by atomic mass is 79.9. The fourth-order valence-corrected chi connectivity index (χ4v) is 3.37. The molecule has 1 aromatic rings. The lowest BCUT2D eigenvalue weighted by Gasteiger charge is -2.32. The van der Waals surface area contributed by atoms with Crippen LogP contribution in [0.25, 0.3) is 0 Å². The normalized spacial score (nSPS) is 13.1. The first kappa shape index (κ1) is 14.9. The number of nitrogens with zero attached hydrogens (tertiary/aromatic N) is 2. The fourth-order valence-electron chi connectivity index (χ4n) is 1.10. The summed E-state index contributed by atoms with van der Waals surface area (Å²) in [6.45, 7) is 3.53. The Morgan fingerprint density at radius 1 is 1.47 bits per heavy atom. The highest BCUT2D eigenvalue weighted by Crippen LogP contribution is 2.24. The van der Waals surface area contributed by atoms with Gasteiger partial charge in [-0.2, -0.15) is 4.31 Å². The van der Waals surface area contributed by atoms with E-state index < -0.39 is 15.6 Å². The van der Waals surface area contributed by atoms with Crippen molar-refractivity contribution in [2.45, 2.75) is 24.3 Å². The molecule has 0 aromatic carbocycles. The Morgan fingerprint density at radius 3 is 2.53 bits per heavy atom. The molecule has 0 spiro atoms. The lowest BCUT2D eigenvalue weighted by atomic mass is 10.1. The van der Waals surface area contributed by atoms with Crippen LogP contribution in [0.3, 0.4) is 0 Å². The molecular weight excluding hydrogens is 328 g/mol. The van der Waals surface area contributed by atoms with Gasteiger partial charge >= 0.3 is 0 Å². The van der Waals surface area contributed by atoms with E-state index in [0.29, 0.717) is 4.47 Å². The standard InChI is InChI=1S/C10H14BrClN2O2S/c1-10(2,7-12)14(3)17(15,16)9-4-8(11)5-13-6-9/h4-6H,7H2,1-3H3. The van der Waals surface area contributed by atoms with Crippen LogP contribution in [0.2, 0.25) is 0 Å². The zero-order valence-electron chi connectivity index (χ0n) is 9.81. The van der Waals surface area contributed by atoms with E-state index in [1.54, 1.807) is 13.8 Å². The number of hydrogen-bond acceptors (Lipinski definition) is 3. The predicted octanol–water partition coefficient (Wildman–Crippen LogP) is 2.48. The summed E-state index contributed by atoms with van der Waals surface area (Å²) in [5.41, 5.74) is -0.650. The molecule has 0 aliphatic rings. The molecule has 0 amide bonds. The number of hydrogen-bond donors (Lipinski definition) is 0. The topological polar surface area (TPSA) is 50.3 Å². The Kier molecular flexibility index (Phi) is 4.57. The molecule has 0 atom stereocenters. The van der Waals surface area contributed by atoms with Gasteiger partial charge in [-0.15, -0.1) is 11.6 Å². The van der Waals surface area contributed by atoms with E-state index >= 15 is 0 Å². The van der Waals surface area contributed by atoms with Crippen LogP contribution in [0.1, 0.15) is 13.8 Å². The van der Waals surface area contributed by atoms with Gasteiger partial charge in [-0.3, -0.25) is 4.98 Å².